The minimum absolute atomic E-state index is 0.0330. The smallest absolute Gasteiger partial charge is 0.274 e. The summed E-state index contributed by atoms with van der Waals surface area (Å²) in [4.78, 5) is 42.4. The largest absolute Gasteiger partial charge is 0.483 e. The summed E-state index contributed by atoms with van der Waals surface area (Å²) >= 11 is 0. The first-order chi connectivity index (χ1) is 19.8. The number of nitrogens with one attached hydrogen (secondary N) is 1. The average Bonchev–Trinajstić information content (AvgIpc) is 3.13. The fraction of sp³-hybridized carbons (Fsp3) is 0.194. The molecule has 208 valence electrons. The van der Waals surface area contributed by atoms with Crippen LogP contribution in [-0.2, 0) is 19.6 Å². The molecule has 7 nitrogen and oxygen atoms in total. The van der Waals surface area contributed by atoms with Crippen molar-refractivity contribution >= 4 is 11.8 Å². The lowest BCUT2D eigenvalue weighted by molar-refractivity contribution is 0.0682. The van der Waals surface area contributed by atoms with Gasteiger partial charge in [-0.1, -0.05) is 54.6 Å². The Morgan fingerprint density at radius 1 is 0.976 bits per heavy atom. The molecule has 0 saturated heterocycles. The van der Waals surface area contributed by atoms with Gasteiger partial charge in [0.2, 0.25) is 5.43 Å². The predicted molar refractivity (Wildman–Crippen MR) is 143 cm³/mol. The van der Waals surface area contributed by atoms with Crippen LogP contribution < -0.4 is 15.5 Å². The fourth-order valence-corrected chi connectivity index (χ4v) is 5.41. The third kappa shape index (κ3) is 4.86. The third-order valence-corrected chi connectivity index (χ3v) is 7.48. The van der Waals surface area contributed by atoms with Gasteiger partial charge in [-0.2, -0.15) is 0 Å². The zero-order chi connectivity index (χ0) is 28.7. The molecule has 0 unspecified atom stereocenters. The van der Waals surface area contributed by atoms with Gasteiger partial charge in [0.15, 0.2) is 11.4 Å². The molecule has 1 atom stereocenters. The van der Waals surface area contributed by atoms with Crippen molar-refractivity contribution in [1.29, 1.82) is 0 Å². The van der Waals surface area contributed by atoms with Gasteiger partial charge >= 0.3 is 0 Å². The van der Waals surface area contributed by atoms with Gasteiger partial charge in [-0.05, 0) is 23.1 Å². The molecule has 1 aromatic heterocycles. The Morgan fingerprint density at radius 3 is 2.44 bits per heavy atom. The number of hydrogen-bond acceptors (Lipinski definition) is 4. The van der Waals surface area contributed by atoms with Crippen molar-refractivity contribution in [2.75, 3.05) is 13.1 Å². The van der Waals surface area contributed by atoms with Crippen molar-refractivity contribution < 1.29 is 27.5 Å². The summed E-state index contributed by atoms with van der Waals surface area (Å²) in [6, 6.07) is 17.4. The maximum atomic E-state index is 14.2. The van der Waals surface area contributed by atoms with Gasteiger partial charge in [0, 0.05) is 43.5 Å². The molecule has 2 amide bonds. The van der Waals surface area contributed by atoms with Gasteiger partial charge in [0.1, 0.15) is 29.6 Å². The lowest BCUT2D eigenvalue weighted by atomic mass is 9.97. The number of fused-ring (bicyclic) bond motifs is 6. The lowest BCUT2D eigenvalue weighted by Gasteiger charge is -2.35. The van der Waals surface area contributed by atoms with Gasteiger partial charge in [0.05, 0.1) is 6.04 Å². The number of hydrogen-bond donors (Lipinski definition) is 1. The number of aromatic nitrogens is 1. The number of pyridine rings is 1. The van der Waals surface area contributed by atoms with Crippen molar-refractivity contribution in [1.82, 2.24) is 14.8 Å². The monoisotopic (exact) mass is 559 g/mol. The van der Waals surface area contributed by atoms with Crippen LogP contribution in [-0.4, -0.2) is 34.4 Å². The first kappa shape index (κ1) is 26.4. The molecule has 41 heavy (non-hydrogen) atoms. The number of halogens is 3. The van der Waals surface area contributed by atoms with Crippen molar-refractivity contribution in [3.05, 3.63) is 134 Å². The van der Waals surface area contributed by atoms with Gasteiger partial charge in [-0.25, -0.2) is 13.2 Å². The van der Waals surface area contributed by atoms with E-state index in [-0.39, 0.29) is 23.6 Å². The second-order valence-electron chi connectivity index (χ2n) is 9.98. The summed E-state index contributed by atoms with van der Waals surface area (Å²) in [5.41, 5.74) is 1.03. The molecule has 10 heteroatoms. The van der Waals surface area contributed by atoms with E-state index in [4.69, 9.17) is 4.74 Å². The Hall–Kier alpha value is -4.86. The predicted octanol–water partition coefficient (Wildman–Crippen LogP) is 4.38. The molecule has 0 saturated carbocycles. The molecule has 3 aromatic carbocycles. The fourth-order valence-electron chi connectivity index (χ4n) is 5.41. The van der Waals surface area contributed by atoms with Crippen LogP contribution in [0.3, 0.4) is 0 Å². The topological polar surface area (TPSA) is 80.6 Å². The van der Waals surface area contributed by atoms with E-state index in [9.17, 15) is 27.6 Å². The average molecular weight is 560 g/mol. The highest BCUT2D eigenvalue weighted by atomic mass is 19.1. The van der Waals surface area contributed by atoms with Crippen LogP contribution in [0.2, 0.25) is 0 Å². The molecule has 1 N–H and O–H groups in total. The van der Waals surface area contributed by atoms with Crippen molar-refractivity contribution in [2.24, 2.45) is 0 Å². The highest BCUT2D eigenvalue weighted by Gasteiger charge is 2.39. The number of carbonyl (C=O) groups is 2. The second kappa shape index (κ2) is 10.6. The summed E-state index contributed by atoms with van der Waals surface area (Å²) in [5, 5.41) is 2.36. The second-order valence-corrected chi connectivity index (χ2v) is 9.98. The molecule has 3 heterocycles. The third-order valence-electron chi connectivity index (χ3n) is 7.48. The molecule has 0 radical (unpaired) electrons. The molecule has 6 rings (SSSR count). The summed E-state index contributed by atoms with van der Waals surface area (Å²) < 4.78 is 49.3. The van der Waals surface area contributed by atoms with Crippen LogP contribution in [0.15, 0.2) is 77.7 Å². The van der Waals surface area contributed by atoms with E-state index < -0.39 is 52.8 Å². The van der Waals surface area contributed by atoms with E-state index in [2.05, 4.69) is 5.32 Å². The van der Waals surface area contributed by atoms with Crippen molar-refractivity contribution in [2.45, 2.75) is 25.6 Å². The van der Waals surface area contributed by atoms with E-state index in [0.717, 1.165) is 16.7 Å². The number of ether oxygens (including phenoxy) is 1. The standard InChI is InChI=1S/C31H24F3N3O4/c32-20-12-24(33)22(25(34)13-20)14-35-30(39)23-15-37-26-16-36(11-10-19-8-4-5-9-21(19)26)31(40)27(37)29(28(23)38)41-17-18-6-2-1-3-7-18/h1-9,12-13,15,26H,10-11,14,16-17H2,(H,35,39)/t26-/m0/s1. The summed E-state index contributed by atoms with van der Waals surface area (Å²) in [6.45, 7) is 0.123. The molecule has 2 aliphatic heterocycles. The maximum absolute atomic E-state index is 14.2. The highest BCUT2D eigenvalue weighted by molar-refractivity contribution is 5.99. The van der Waals surface area contributed by atoms with Crippen LogP contribution in [0.25, 0.3) is 0 Å². The summed E-state index contributed by atoms with van der Waals surface area (Å²) in [7, 11) is 0. The van der Waals surface area contributed by atoms with E-state index in [1.54, 1.807) is 33.7 Å². The quantitative estimate of drug-likeness (QED) is 0.381. The van der Waals surface area contributed by atoms with Gasteiger partial charge in [-0.3, -0.25) is 14.4 Å². The van der Waals surface area contributed by atoms with Crippen LogP contribution in [0.5, 0.6) is 5.75 Å². The SMILES string of the molecule is O=C(NCc1c(F)cc(F)cc1F)c1cn2c(c(OCc3ccccc3)c1=O)C(=O)N1CCc3ccccc3[C@@H]2C1. The van der Waals surface area contributed by atoms with E-state index in [0.29, 0.717) is 31.6 Å². The first-order valence-electron chi connectivity index (χ1n) is 13.1. The van der Waals surface area contributed by atoms with E-state index in [1.807, 2.05) is 30.3 Å². The Bertz CT molecular complexity index is 1720. The number of rotatable bonds is 6. The number of amides is 2. The molecule has 0 fully saturated rings. The van der Waals surface area contributed by atoms with Gasteiger partial charge in [-0.15, -0.1) is 0 Å². The molecule has 2 bridgehead atoms. The van der Waals surface area contributed by atoms with Gasteiger partial charge in [0.25, 0.3) is 11.8 Å². The Kier molecular flexibility index (Phi) is 6.82. The molecular formula is C31H24F3N3O4. The minimum Gasteiger partial charge on any atom is -0.483 e. The van der Waals surface area contributed by atoms with Crippen molar-refractivity contribution in [3.8, 4) is 5.75 Å². The Balaban J connectivity index is 1.44. The summed E-state index contributed by atoms with van der Waals surface area (Å²) in [5.74, 6) is -5.02. The van der Waals surface area contributed by atoms with Crippen LogP contribution in [0.1, 0.15) is 49.1 Å². The number of carbonyl (C=O) groups excluding carboxylic acids is 2. The lowest BCUT2D eigenvalue weighted by Crippen LogP contribution is -2.45. The zero-order valence-corrected chi connectivity index (χ0v) is 21.7. The van der Waals surface area contributed by atoms with Gasteiger partial charge < -0.3 is 19.5 Å². The maximum Gasteiger partial charge on any atom is 0.274 e. The molecule has 0 aliphatic carbocycles. The number of benzene rings is 3. The van der Waals surface area contributed by atoms with Crippen LogP contribution >= 0.6 is 0 Å². The molecule has 2 aliphatic rings. The Morgan fingerprint density at radius 2 is 1.68 bits per heavy atom. The van der Waals surface area contributed by atoms with Crippen LogP contribution in [0.4, 0.5) is 13.2 Å². The Labute approximate surface area is 232 Å². The summed E-state index contributed by atoms with van der Waals surface area (Å²) in [6.07, 6.45) is 1.93. The van der Waals surface area contributed by atoms with Crippen molar-refractivity contribution in [3.63, 3.8) is 0 Å². The zero-order valence-electron chi connectivity index (χ0n) is 21.7. The van der Waals surface area contributed by atoms with E-state index >= 15 is 0 Å². The number of nitrogens with zero attached hydrogens (tertiary/aromatic N) is 2. The van der Waals surface area contributed by atoms with Crippen LogP contribution in [0, 0.1) is 17.5 Å². The highest BCUT2D eigenvalue weighted by Crippen LogP contribution is 2.35. The minimum atomic E-state index is -1.17. The normalized spacial score (nSPS) is 15.5. The molecule has 0 spiro atoms. The van der Waals surface area contributed by atoms with E-state index in [1.165, 1.54) is 6.20 Å². The molecule has 4 aromatic rings. The molecular weight excluding hydrogens is 535 g/mol. The first-order valence-corrected chi connectivity index (χ1v) is 13.1.